The van der Waals surface area contributed by atoms with E-state index < -0.39 is 33.7 Å². The maximum atomic E-state index is 12.7. The van der Waals surface area contributed by atoms with Gasteiger partial charge in [-0.3, -0.25) is 4.55 Å². The molecular formula is C6H8F2O7S. The van der Waals surface area contributed by atoms with Crippen LogP contribution in [0.2, 0.25) is 0 Å². The lowest BCUT2D eigenvalue weighted by atomic mass is 10.3. The Morgan fingerprint density at radius 1 is 1.50 bits per heavy atom. The predicted molar refractivity (Wildman–Crippen MR) is 43.0 cm³/mol. The number of aliphatic hydroxyl groups is 1. The summed E-state index contributed by atoms with van der Waals surface area (Å²) in [4.78, 5) is 10.7. The van der Waals surface area contributed by atoms with Crippen LogP contribution in [0.5, 0.6) is 0 Å². The zero-order chi connectivity index (χ0) is 12.6. The van der Waals surface area contributed by atoms with Crippen LogP contribution in [0, 0.1) is 0 Å². The molecule has 0 aromatic rings. The molecule has 0 bridgehead atoms. The average molecular weight is 262 g/mol. The van der Waals surface area contributed by atoms with Crippen molar-refractivity contribution in [3.05, 3.63) is 0 Å². The summed E-state index contributed by atoms with van der Waals surface area (Å²) in [5, 5.41) is 3.78. The summed E-state index contributed by atoms with van der Waals surface area (Å²) in [5.74, 6) is -2.40. The van der Waals surface area contributed by atoms with Gasteiger partial charge in [0.1, 0.15) is 6.10 Å². The Kier molecular flexibility index (Phi) is 3.47. The van der Waals surface area contributed by atoms with E-state index in [0.717, 1.165) is 0 Å². The van der Waals surface area contributed by atoms with Crippen molar-refractivity contribution in [3.8, 4) is 0 Å². The normalized spacial score (nSPS) is 26.8. The predicted octanol–water partition coefficient (Wildman–Crippen LogP) is -0.882. The van der Waals surface area contributed by atoms with Gasteiger partial charge in [-0.15, -0.1) is 0 Å². The van der Waals surface area contributed by atoms with Crippen LogP contribution in [-0.2, 0) is 24.4 Å². The van der Waals surface area contributed by atoms with Gasteiger partial charge in [0.2, 0.25) is 0 Å². The lowest BCUT2D eigenvalue weighted by Crippen LogP contribution is -2.40. The first-order chi connectivity index (χ1) is 7.14. The smallest absolute Gasteiger partial charge is 0.454 e. The Labute approximate surface area is 88.7 Å². The number of hydrogen-bond donors (Lipinski definition) is 2. The number of carbonyl (C=O) groups excluding carboxylic acids is 1. The van der Waals surface area contributed by atoms with Crippen LogP contribution >= 0.6 is 0 Å². The highest BCUT2D eigenvalue weighted by molar-refractivity contribution is 7.87. The number of alkyl halides is 2. The second-order valence-corrected chi connectivity index (χ2v) is 4.51. The summed E-state index contributed by atoms with van der Waals surface area (Å²) in [6.45, 7) is -0.325. The van der Waals surface area contributed by atoms with E-state index in [0.29, 0.717) is 0 Å². The highest BCUT2D eigenvalue weighted by Crippen LogP contribution is 2.24. The molecule has 2 unspecified atom stereocenters. The van der Waals surface area contributed by atoms with Crippen LogP contribution in [0.25, 0.3) is 0 Å². The third-order valence-corrected chi connectivity index (χ3v) is 2.59. The van der Waals surface area contributed by atoms with Gasteiger partial charge in [-0.05, 0) is 0 Å². The van der Waals surface area contributed by atoms with Gasteiger partial charge in [0.25, 0.3) is 0 Å². The first-order valence-corrected chi connectivity index (χ1v) is 5.44. The summed E-state index contributed by atoms with van der Waals surface area (Å²) in [5.41, 5.74) is 0. The molecule has 2 N–H and O–H groups in total. The molecular weight excluding hydrogens is 254 g/mol. The molecule has 10 heteroatoms. The zero-order valence-corrected chi connectivity index (χ0v) is 8.49. The molecule has 2 atom stereocenters. The molecule has 16 heavy (non-hydrogen) atoms. The van der Waals surface area contributed by atoms with Crippen molar-refractivity contribution in [1.82, 2.24) is 0 Å². The molecule has 1 rings (SSSR count). The molecule has 0 saturated carbocycles. The van der Waals surface area contributed by atoms with E-state index in [-0.39, 0.29) is 13.0 Å². The second kappa shape index (κ2) is 4.20. The van der Waals surface area contributed by atoms with Gasteiger partial charge in [0.05, 0.1) is 6.61 Å². The topological polar surface area (TPSA) is 110 Å². The SMILES string of the molecule is O=C(OC1COC(O)C1)C(F)(F)S(=O)(=O)O. The number of halogens is 2. The monoisotopic (exact) mass is 262 g/mol. The Hall–Kier alpha value is -0.840. The Morgan fingerprint density at radius 3 is 2.44 bits per heavy atom. The van der Waals surface area contributed by atoms with Crippen molar-refractivity contribution in [1.29, 1.82) is 0 Å². The van der Waals surface area contributed by atoms with Crippen LogP contribution in [0.15, 0.2) is 0 Å². The Morgan fingerprint density at radius 2 is 2.06 bits per heavy atom. The summed E-state index contributed by atoms with van der Waals surface area (Å²) < 4.78 is 62.3. The minimum atomic E-state index is -5.87. The summed E-state index contributed by atoms with van der Waals surface area (Å²) in [6, 6.07) is 0. The molecule has 0 spiro atoms. The highest BCUT2D eigenvalue weighted by atomic mass is 32.2. The fourth-order valence-corrected chi connectivity index (χ4v) is 1.25. The number of hydrogen-bond acceptors (Lipinski definition) is 6. The fourth-order valence-electron chi connectivity index (χ4n) is 0.987. The van der Waals surface area contributed by atoms with E-state index in [1.54, 1.807) is 0 Å². The maximum absolute atomic E-state index is 12.7. The molecule has 0 aromatic heterocycles. The van der Waals surface area contributed by atoms with Crippen LogP contribution in [0.1, 0.15) is 6.42 Å². The van der Waals surface area contributed by atoms with Crippen molar-refractivity contribution in [2.45, 2.75) is 24.1 Å². The Bertz CT molecular complexity index is 378. The van der Waals surface area contributed by atoms with Crippen LogP contribution in [0.3, 0.4) is 0 Å². The standard InChI is InChI=1S/C6H8F2O7S/c7-6(8,16(11,12)13)5(10)15-3-1-4(9)14-2-3/h3-4,9H,1-2H2,(H,11,12,13). The lowest BCUT2D eigenvalue weighted by Gasteiger charge is -2.14. The fraction of sp³-hybridized carbons (Fsp3) is 0.833. The third kappa shape index (κ3) is 2.64. The van der Waals surface area contributed by atoms with Crippen molar-refractivity contribution in [2.24, 2.45) is 0 Å². The van der Waals surface area contributed by atoms with E-state index in [9.17, 15) is 22.0 Å². The minimum absolute atomic E-state index is 0.243. The van der Waals surface area contributed by atoms with Gasteiger partial charge in [0, 0.05) is 6.42 Å². The molecule has 0 aromatic carbocycles. The largest absolute Gasteiger partial charge is 0.465 e. The van der Waals surface area contributed by atoms with E-state index in [1.807, 2.05) is 0 Å². The number of carbonyl (C=O) groups is 1. The van der Waals surface area contributed by atoms with E-state index in [2.05, 4.69) is 9.47 Å². The summed E-state index contributed by atoms with van der Waals surface area (Å²) in [6.07, 6.45) is -2.67. The van der Waals surface area contributed by atoms with Crippen LogP contribution < -0.4 is 0 Å². The van der Waals surface area contributed by atoms with Gasteiger partial charge >= 0.3 is 21.3 Å². The van der Waals surface area contributed by atoms with Crippen molar-refractivity contribution < 1.29 is 41.1 Å². The highest BCUT2D eigenvalue weighted by Gasteiger charge is 2.55. The molecule has 0 radical (unpaired) electrons. The third-order valence-electron chi connectivity index (χ3n) is 1.77. The van der Waals surface area contributed by atoms with Crippen molar-refractivity contribution in [3.63, 3.8) is 0 Å². The van der Waals surface area contributed by atoms with Gasteiger partial charge < -0.3 is 14.6 Å². The molecule has 1 heterocycles. The Balaban J connectivity index is 2.66. The zero-order valence-electron chi connectivity index (χ0n) is 7.67. The first kappa shape index (κ1) is 13.2. The van der Waals surface area contributed by atoms with Gasteiger partial charge in [0.15, 0.2) is 6.29 Å². The number of esters is 1. The van der Waals surface area contributed by atoms with E-state index >= 15 is 0 Å². The van der Waals surface area contributed by atoms with Crippen LogP contribution in [-0.4, -0.2) is 48.3 Å². The summed E-state index contributed by atoms with van der Waals surface area (Å²) >= 11 is 0. The molecule has 0 aliphatic carbocycles. The summed E-state index contributed by atoms with van der Waals surface area (Å²) in [7, 11) is -5.87. The van der Waals surface area contributed by atoms with Gasteiger partial charge in [-0.1, -0.05) is 0 Å². The number of ether oxygens (including phenoxy) is 2. The van der Waals surface area contributed by atoms with Crippen LogP contribution in [0.4, 0.5) is 8.78 Å². The second-order valence-electron chi connectivity index (χ2n) is 3.04. The van der Waals surface area contributed by atoms with Gasteiger partial charge in [-0.25, -0.2) is 4.79 Å². The number of rotatable bonds is 3. The molecule has 1 aliphatic heterocycles. The lowest BCUT2D eigenvalue weighted by molar-refractivity contribution is -0.167. The van der Waals surface area contributed by atoms with E-state index in [1.165, 1.54) is 0 Å². The van der Waals surface area contributed by atoms with Crippen molar-refractivity contribution >= 4 is 16.1 Å². The van der Waals surface area contributed by atoms with Gasteiger partial charge in [-0.2, -0.15) is 17.2 Å². The maximum Gasteiger partial charge on any atom is 0.465 e. The molecule has 1 aliphatic rings. The van der Waals surface area contributed by atoms with E-state index in [4.69, 9.17) is 9.66 Å². The first-order valence-electron chi connectivity index (χ1n) is 4.00. The molecule has 7 nitrogen and oxygen atoms in total. The number of aliphatic hydroxyl groups excluding tert-OH is 1. The van der Waals surface area contributed by atoms with Crippen molar-refractivity contribution in [2.75, 3.05) is 6.61 Å². The molecule has 94 valence electrons. The minimum Gasteiger partial charge on any atom is -0.454 e. The average Bonchev–Trinajstić information content (AvgIpc) is 2.49. The molecule has 1 saturated heterocycles. The molecule has 0 amide bonds. The quantitative estimate of drug-likeness (QED) is 0.501. The molecule has 1 fully saturated rings.